The molecule has 2 rings (SSSR count). The molecule has 0 amide bonds. The summed E-state index contributed by atoms with van der Waals surface area (Å²) in [4.78, 5) is 11.9. The lowest BCUT2D eigenvalue weighted by Gasteiger charge is -2.15. The molecular formula is C17H18O4. The van der Waals surface area contributed by atoms with Crippen LogP contribution in [0.4, 0.5) is 0 Å². The molecule has 4 heteroatoms. The van der Waals surface area contributed by atoms with Crippen LogP contribution in [0.3, 0.4) is 0 Å². The SMILES string of the molecule is Cc1ccc(Oc2ccc(C(=O)C(C)(C)O)cc2)cc1O. The Morgan fingerprint density at radius 1 is 1.05 bits per heavy atom. The Labute approximate surface area is 123 Å². The fourth-order valence-corrected chi connectivity index (χ4v) is 1.82. The number of aryl methyl sites for hydroxylation is 1. The number of hydrogen-bond donors (Lipinski definition) is 2. The highest BCUT2D eigenvalue weighted by Gasteiger charge is 2.24. The average Bonchev–Trinajstić information content (AvgIpc) is 2.42. The molecule has 0 aromatic heterocycles. The van der Waals surface area contributed by atoms with E-state index in [4.69, 9.17) is 4.74 Å². The molecule has 0 bridgehead atoms. The van der Waals surface area contributed by atoms with Gasteiger partial charge >= 0.3 is 0 Å². The number of benzene rings is 2. The molecule has 0 spiro atoms. The molecule has 0 unspecified atom stereocenters. The Balaban J connectivity index is 2.16. The smallest absolute Gasteiger partial charge is 0.193 e. The molecule has 0 saturated heterocycles. The molecule has 0 heterocycles. The second kappa shape index (κ2) is 5.58. The average molecular weight is 286 g/mol. The van der Waals surface area contributed by atoms with Gasteiger partial charge in [-0.15, -0.1) is 0 Å². The van der Waals surface area contributed by atoms with Crippen molar-refractivity contribution in [2.75, 3.05) is 0 Å². The number of rotatable bonds is 4. The summed E-state index contributed by atoms with van der Waals surface area (Å²) in [6.07, 6.45) is 0. The van der Waals surface area contributed by atoms with E-state index in [1.807, 2.05) is 0 Å². The number of phenols is 1. The molecule has 2 aromatic carbocycles. The third kappa shape index (κ3) is 3.61. The molecular weight excluding hydrogens is 268 g/mol. The molecule has 0 aliphatic heterocycles. The van der Waals surface area contributed by atoms with Crippen molar-refractivity contribution in [3.8, 4) is 17.2 Å². The van der Waals surface area contributed by atoms with Gasteiger partial charge in [-0.3, -0.25) is 4.79 Å². The second-order valence-corrected chi connectivity index (χ2v) is 5.46. The van der Waals surface area contributed by atoms with Crippen LogP contribution < -0.4 is 4.74 Å². The Morgan fingerprint density at radius 3 is 2.14 bits per heavy atom. The van der Waals surface area contributed by atoms with Crippen LogP contribution in [0.15, 0.2) is 42.5 Å². The number of ketones is 1. The first-order valence-electron chi connectivity index (χ1n) is 6.62. The predicted octanol–water partition coefficient (Wildman–Crippen LogP) is 3.45. The molecule has 2 N–H and O–H groups in total. The van der Waals surface area contributed by atoms with Gasteiger partial charge in [0.05, 0.1) is 0 Å². The molecule has 4 nitrogen and oxygen atoms in total. The number of aromatic hydroxyl groups is 1. The Bertz CT molecular complexity index is 651. The van der Waals surface area contributed by atoms with Crippen LogP contribution in [0, 0.1) is 6.92 Å². The van der Waals surface area contributed by atoms with Crippen molar-refractivity contribution in [1.82, 2.24) is 0 Å². The van der Waals surface area contributed by atoms with E-state index in [1.165, 1.54) is 19.9 Å². The zero-order valence-electron chi connectivity index (χ0n) is 12.3. The van der Waals surface area contributed by atoms with Gasteiger partial charge in [0.15, 0.2) is 5.78 Å². The van der Waals surface area contributed by atoms with Crippen LogP contribution in [0.25, 0.3) is 0 Å². The van der Waals surface area contributed by atoms with E-state index in [9.17, 15) is 15.0 Å². The number of carbonyl (C=O) groups is 1. The van der Waals surface area contributed by atoms with E-state index in [0.29, 0.717) is 17.1 Å². The van der Waals surface area contributed by atoms with Gasteiger partial charge < -0.3 is 14.9 Å². The van der Waals surface area contributed by atoms with Crippen LogP contribution in [0.5, 0.6) is 17.2 Å². The van der Waals surface area contributed by atoms with Crippen LogP contribution in [0.1, 0.15) is 29.8 Å². The summed E-state index contributed by atoms with van der Waals surface area (Å²) in [7, 11) is 0. The lowest BCUT2D eigenvalue weighted by atomic mass is 9.97. The fourth-order valence-electron chi connectivity index (χ4n) is 1.82. The van der Waals surface area contributed by atoms with Gasteiger partial charge in [-0.25, -0.2) is 0 Å². The minimum Gasteiger partial charge on any atom is -0.508 e. The van der Waals surface area contributed by atoms with Gasteiger partial charge in [0.1, 0.15) is 22.8 Å². The van der Waals surface area contributed by atoms with E-state index in [0.717, 1.165) is 5.56 Å². The summed E-state index contributed by atoms with van der Waals surface area (Å²) in [5.41, 5.74) is -0.208. The summed E-state index contributed by atoms with van der Waals surface area (Å²) in [5.74, 6) is 0.883. The fraction of sp³-hybridized carbons (Fsp3) is 0.235. The summed E-state index contributed by atoms with van der Waals surface area (Å²) in [5, 5.41) is 19.3. The van der Waals surface area contributed by atoms with Crippen molar-refractivity contribution in [3.63, 3.8) is 0 Å². The number of hydrogen-bond acceptors (Lipinski definition) is 4. The van der Waals surface area contributed by atoms with Crippen molar-refractivity contribution >= 4 is 5.78 Å². The molecule has 0 aliphatic rings. The van der Waals surface area contributed by atoms with E-state index in [-0.39, 0.29) is 11.5 Å². The highest BCUT2D eigenvalue weighted by Crippen LogP contribution is 2.27. The second-order valence-electron chi connectivity index (χ2n) is 5.46. The monoisotopic (exact) mass is 286 g/mol. The third-order valence-corrected chi connectivity index (χ3v) is 3.09. The maximum absolute atomic E-state index is 11.9. The molecule has 0 aliphatic carbocycles. The molecule has 2 aromatic rings. The first-order chi connectivity index (χ1) is 9.77. The molecule has 0 saturated carbocycles. The van der Waals surface area contributed by atoms with Crippen molar-refractivity contribution in [2.45, 2.75) is 26.4 Å². The van der Waals surface area contributed by atoms with Gasteiger partial charge in [-0.05, 0) is 56.7 Å². The Hall–Kier alpha value is -2.33. The zero-order valence-corrected chi connectivity index (χ0v) is 12.3. The van der Waals surface area contributed by atoms with E-state index in [2.05, 4.69) is 0 Å². The normalized spacial score (nSPS) is 11.2. The highest BCUT2D eigenvalue weighted by atomic mass is 16.5. The quantitative estimate of drug-likeness (QED) is 0.845. The van der Waals surface area contributed by atoms with Gasteiger partial charge in [0.25, 0.3) is 0 Å². The van der Waals surface area contributed by atoms with Crippen molar-refractivity contribution in [3.05, 3.63) is 53.6 Å². The number of aliphatic hydroxyl groups is 1. The van der Waals surface area contributed by atoms with Crippen molar-refractivity contribution < 1.29 is 19.7 Å². The minimum atomic E-state index is -1.40. The lowest BCUT2D eigenvalue weighted by Crippen LogP contribution is -2.30. The number of phenolic OH excluding ortho intramolecular Hbond substituents is 1. The van der Waals surface area contributed by atoms with E-state index >= 15 is 0 Å². The van der Waals surface area contributed by atoms with Crippen molar-refractivity contribution in [1.29, 1.82) is 0 Å². The maximum atomic E-state index is 11.9. The van der Waals surface area contributed by atoms with Gasteiger partial charge in [0, 0.05) is 11.6 Å². The van der Waals surface area contributed by atoms with Crippen LogP contribution in [0.2, 0.25) is 0 Å². The van der Waals surface area contributed by atoms with Gasteiger partial charge in [0.2, 0.25) is 0 Å². The number of Topliss-reactive ketones (excluding diaryl/α,β-unsaturated/α-hetero) is 1. The van der Waals surface area contributed by atoms with Crippen molar-refractivity contribution in [2.24, 2.45) is 0 Å². The molecule has 0 radical (unpaired) electrons. The largest absolute Gasteiger partial charge is 0.508 e. The topological polar surface area (TPSA) is 66.8 Å². The van der Waals surface area contributed by atoms with E-state index in [1.54, 1.807) is 43.3 Å². The molecule has 110 valence electrons. The number of carbonyl (C=O) groups excluding carboxylic acids is 1. The Morgan fingerprint density at radius 2 is 1.62 bits per heavy atom. The number of ether oxygens (including phenoxy) is 1. The standard InChI is InChI=1S/C17H18O4/c1-11-4-7-14(10-15(11)18)21-13-8-5-12(6-9-13)16(19)17(2,3)20/h4-10,18,20H,1-3H3. The molecule has 21 heavy (non-hydrogen) atoms. The molecule has 0 fully saturated rings. The lowest BCUT2D eigenvalue weighted by molar-refractivity contribution is 0.0488. The molecule has 0 atom stereocenters. The van der Waals surface area contributed by atoms with Gasteiger partial charge in [-0.1, -0.05) is 6.07 Å². The first kappa shape index (κ1) is 15.1. The minimum absolute atomic E-state index is 0.168. The predicted molar refractivity (Wildman–Crippen MR) is 80.0 cm³/mol. The summed E-state index contributed by atoms with van der Waals surface area (Å²) < 4.78 is 5.60. The van der Waals surface area contributed by atoms with Crippen LogP contribution in [-0.2, 0) is 0 Å². The van der Waals surface area contributed by atoms with Crippen LogP contribution in [-0.4, -0.2) is 21.6 Å². The zero-order chi connectivity index (χ0) is 15.6. The summed E-state index contributed by atoms with van der Waals surface area (Å²) >= 11 is 0. The summed E-state index contributed by atoms with van der Waals surface area (Å²) in [6, 6.07) is 11.5. The van der Waals surface area contributed by atoms with Crippen LogP contribution >= 0.6 is 0 Å². The first-order valence-corrected chi connectivity index (χ1v) is 6.62. The summed E-state index contributed by atoms with van der Waals surface area (Å²) in [6.45, 7) is 4.71. The Kier molecular flexibility index (Phi) is 4.00. The van der Waals surface area contributed by atoms with Gasteiger partial charge in [-0.2, -0.15) is 0 Å². The third-order valence-electron chi connectivity index (χ3n) is 3.09. The van der Waals surface area contributed by atoms with E-state index < -0.39 is 5.60 Å². The maximum Gasteiger partial charge on any atom is 0.193 e. The highest BCUT2D eigenvalue weighted by molar-refractivity contribution is 6.01.